The van der Waals surface area contributed by atoms with Crippen molar-refractivity contribution in [2.24, 2.45) is 5.73 Å². The third-order valence-electron chi connectivity index (χ3n) is 2.79. The van der Waals surface area contributed by atoms with E-state index in [9.17, 15) is 10.0 Å². The molecule has 5 nitrogen and oxygen atoms in total. The number of thiophene rings is 1. The van der Waals surface area contributed by atoms with Gasteiger partial charge < -0.3 is 5.73 Å². The lowest BCUT2D eigenvalue weighted by Crippen LogP contribution is -2.38. The molecule has 0 unspecified atom stereocenters. The van der Waals surface area contributed by atoms with E-state index in [0.29, 0.717) is 5.06 Å². The molecule has 0 saturated carbocycles. The Morgan fingerprint density at radius 1 is 1.43 bits per heavy atom. The zero-order chi connectivity index (χ0) is 15.2. The van der Waals surface area contributed by atoms with Crippen molar-refractivity contribution < 1.29 is 10.0 Å². The fraction of sp³-hybridized carbons (Fsp3) is 0.200. The van der Waals surface area contributed by atoms with Crippen molar-refractivity contribution in [3.05, 3.63) is 52.0 Å². The molecule has 3 N–H and O–H groups in total. The molecule has 0 bridgehead atoms. The van der Waals surface area contributed by atoms with Gasteiger partial charge in [-0.3, -0.25) is 10.2 Å². The predicted molar refractivity (Wildman–Crippen MR) is 80.9 cm³/mol. The highest BCUT2D eigenvalue weighted by Gasteiger charge is 2.11. The van der Waals surface area contributed by atoms with Gasteiger partial charge in [-0.25, -0.2) is 4.79 Å². The molecule has 0 spiro atoms. The Balaban J connectivity index is 2.02. The minimum absolute atomic E-state index is 0.415. The second kappa shape index (κ2) is 6.88. The number of carbonyl (C=O) groups excluding carboxylic acids is 1. The first kappa shape index (κ1) is 15.0. The molecule has 0 aliphatic rings. The summed E-state index contributed by atoms with van der Waals surface area (Å²) in [7, 11) is 0. The number of urea groups is 1. The fourth-order valence-corrected chi connectivity index (χ4v) is 2.57. The molecule has 1 atom stereocenters. The summed E-state index contributed by atoms with van der Waals surface area (Å²) in [6, 6.07) is 6.33. The van der Waals surface area contributed by atoms with Crippen LogP contribution in [-0.2, 0) is 6.42 Å². The van der Waals surface area contributed by atoms with E-state index < -0.39 is 12.1 Å². The highest BCUT2D eigenvalue weighted by atomic mass is 32.1. The second-order valence-electron chi connectivity index (χ2n) is 4.43. The smallest absolute Gasteiger partial charge is 0.339 e. The minimum atomic E-state index is -0.915. The summed E-state index contributed by atoms with van der Waals surface area (Å²) in [4.78, 5) is 16.8. The van der Waals surface area contributed by atoms with E-state index in [2.05, 4.69) is 16.8 Å². The summed E-state index contributed by atoms with van der Waals surface area (Å²) < 4.78 is 0. The number of pyridine rings is 1. The number of carbonyl (C=O) groups is 1. The van der Waals surface area contributed by atoms with E-state index in [4.69, 9.17) is 5.73 Å². The van der Waals surface area contributed by atoms with E-state index in [1.54, 1.807) is 30.7 Å². The number of rotatable bonds is 3. The molecule has 2 aromatic rings. The van der Waals surface area contributed by atoms with Gasteiger partial charge in [0.2, 0.25) is 0 Å². The van der Waals surface area contributed by atoms with Gasteiger partial charge in [-0.15, -0.1) is 11.3 Å². The van der Waals surface area contributed by atoms with Crippen molar-refractivity contribution in [3.8, 4) is 11.8 Å². The van der Waals surface area contributed by atoms with E-state index in [1.165, 1.54) is 10.4 Å². The Kier molecular flexibility index (Phi) is 4.93. The van der Waals surface area contributed by atoms with Crippen molar-refractivity contribution >= 4 is 17.4 Å². The number of primary amides is 1. The van der Waals surface area contributed by atoms with Crippen LogP contribution in [-0.4, -0.2) is 27.3 Å². The maximum Gasteiger partial charge on any atom is 0.339 e. The molecule has 0 fully saturated rings. The molecule has 0 aromatic carbocycles. The second-order valence-corrected chi connectivity index (χ2v) is 5.59. The zero-order valence-corrected chi connectivity index (χ0v) is 12.3. The SMILES string of the molecule is C[C@H](C#Cc1ccc(Cc2ccncc2)s1)N(O)C(N)=O. The zero-order valence-electron chi connectivity index (χ0n) is 11.5. The molecule has 2 aromatic heterocycles. The summed E-state index contributed by atoms with van der Waals surface area (Å²) in [5.74, 6) is 5.72. The average Bonchev–Trinajstić information content (AvgIpc) is 2.92. The largest absolute Gasteiger partial charge is 0.350 e. The third-order valence-corrected chi connectivity index (χ3v) is 3.79. The first-order valence-electron chi connectivity index (χ1n) is 6.33. The van der Waals surface area contributed by atoms with E-state index in [1.807, 2.05) is 24.3 Å². The van der Waals surface area contributed by atoms with Crippen molar-refractivity contribution in [3.63, 3.8) is 0 Å². The fourth-order valence-electron chi connectivity index (χ4n) is 1.67. The van der Waals surface area contributed by atoms with Gasteiger partial charge in [-0.1, -0.05) is 11.8 Å². The van der Waals surface area contributed by atoms with Crippen LogP contribution in [0.3, 0.4) is 0 Å². The molecule has 2 rings (SSSR count). The molecule has 0 radical (unpaired) electrons. The Bertz CT molecular complexity index is 673. The van der Waals surface area contributed by atoms with E-state index in [-0.39, 0.29) is 0 Å². The van der Waals surface area contributed by atoms with Gasteiger partial charge in [-0.05, 0) is 36.8 Å². The quantitative estimate of drug-likeness (QED) is 0.518. The van der Waals surface area contributed by atoms with Crippen LogP contribution in [0, 0.1) is 11.8 Å². The monoisotopic (exact) mass is 301 g/mol. The van der Waals surface area contributed by atoms with Crippen molar-refractivity contribution in [1.29, 1.82) is 0 Å². The molecule has 0 aliphatic heterocycles. The number of hydrogen-bond donors (Lipinski definition) is 2. The van der Waals surface area contributed by atoms with E-state index in [0.717, 1.165) is 11.3 Å². The number of hydrogen-bond acceptors (Lipinski definition) is 4. The molecule has 2 amide bonds. The highest BCUT2D eigenvalue weighted by Crippen LogP contribution is 2.19. The summed E-state index contributed by atoms with van der Waals surface area (Å²) in [5, 5.41) is 9.74. The van der Waals surface area contributed by atoms with Crippen LogP contribution in [0.5, 0.6) is 0 Å². The third kappa shape index (κ3) is 4.31. The van der Waals surface area contributed by atoms with Crippen molar-refractivity contribution in [2.45, 2.75) is 19.4 Å². The van der Waals surface area contributed by atoms with Gasteiger partial charge >= 0.3 is 6.03 Å². The molecular weight excluding hydrogens is 286 g/mol. The van der Waals surface area contributed by atoms with Crippen LogP contribution in [0.2, 0.25) is 0 Å². The Labute approximate surface area is 127 Å². The van der Waals surface area contributed by atoms with Crippen LogP contribution in [0.1, 0.15) is 22.2 Å². The topological polar surface area (TPSA) is 79.4 Å². The number of nitrogens with two attached hydrogens (primary N) is 1. The maximum absolute atomic E-state index is 10.8. The van der Waals surface area contributed by atoms with Gasteiger partial charge in [-0.2, -0.15) is 5.06 Å². The van der Waals surface area contributed by atoms with Crippen molar-refractivity contribution in [1.82, 2.24) is 10.0 Å². The summed E-state index contributed by atoms with van der Waals surface area (Å²) in [5.41, 5.74) is 6.15. The normalized spacial score (nSPS) is 11.3. The number of aromatic nitrogens is 1. The summed E-state index contributed by atoms with van der Waals surface area (Å²) in [6.07, 6.45) is 4.37. The molecule has 0 saturated heterocycles. The van der Waals surface area contributed by atoms with Crippen LogP contribution in [0.4, 0.5) is 4.79 Å². The molecule has 108 valence electrons. The van der Waals surface area contributed by atoms with Gasteiger partial charge in [0.15, 0.2) is 0 Å². The highest BCUT2D eigenvalue weighted by molar-refractivity contribution is 7.12. The van der Waals surface area contributed by atoms with Crippen LogP contribution in [0.25, 0.3) is 0 Å². The Morgan fingerprint density at radius 2 is 2.14 bits per heavy atom. The molecule has 21 heavy (non-hydrogen) atoms. The lowest BCUT2D eigenvalue weighted by molar-refractivity contribution is -0.0536. The van der Waals surface area contributed by atoms with Crippen LogP contribution < -0.4 is 5.73 Å². The summed E-state index contributed by atoms with van der Waals surface area (Å²) >= 11 is 1.58. The average molecular weight is 301 g/mol. The molecule has 2 heterocycles. The standard InChI is InChI=1S/C15H15N3O2S/c1-11(18(20)15(16)19)2-3-13-4-5-14(21-13)10-12-6-8-17-9-7-12/h4-9,11,20H,10H2,1H3,(H2,16,19)/t11-/m1/s1. The maximum atomic E-state index is 10.8. The molecule has 6 heteroatoms. The number of nitrogens with zero attached hydrogens (tertiary/aromatic N) is 2. The predicted octanol–water partition coefficient (Wildman–Crippen LogP) is 2.24. The Hall–Kier alpha value is -2.36. The summed E-state index contributed by atoms with van der Waals surface area (Å²) in [6.45, 7) is 1.60. The van der Waals surface area contributed by atoms with E-state index >= 15 is 0 Å². The van der Waals surface area contributed by atoms with Crippen LogP contribution >= 0.6 is 11.3 Å². The van der Waals surface area contributed by atoms with Crippen molar-refractivity contribution in [2.75, 3.05) is 0 Å². The first-order chi connectivity index (χ1) is 10.1. The van der Waals surface area contributed by atoms with Crippen LogP contribution in [0.15, 0.2) is 36.7 Å². The van der Waals surface area contributed by atoms with Gasteiger partial charge in [0.05, 0.1) is 4.88 Å². The van der Waals surface area contributed by atoms with Gasteiger partial charge in [0, 0.05) is 23.7 Å². The Morgan fingerprint density at radius 3 is 2.81 bits per heavy atom. The number of amides is 2. The minimum Gasteiger partial charge on any atom is -0.350 e. The molecular formula is C15H15N3O2S. The first-order valence-corrected chi connectivity index (χ1v) is 7.14. The lowest BCUT2D eigenvalue weighted by atomic mass is 10.2. The van der Waals surface area contributed by atoms with Gasteiger partial charge in [0.25, 0.3) is 0 Å². The number of hydroxylamine groups is 2. The lowest BCUT2D eigenvalue weighted by Gasteiger charge is -2.14. The molecule has 0 aliphatic carbocycles. The van der Waals surface area contributed by atoms with Gasteiger partial charge in [0.1, 0.15) is 6.04 Å².